The van der Waals surface area contributed by atoms with E-state index in [0.29, 0.717) is 32.5 Å². The zero-order valence-electron chi connectivity index (χ0n) is 9.05. The maximum Gasteiger partial charge on any atom is 0.214 e. The lowest BCUT2D eigenvalue weighted by molar-refractivity contribution is 0.0102. The van der Waals surface area contributed by atoms with Crippen LogP contribution in [0.5, 0.6) is 0 Å². The Balaban J connectivity index is 2.45. The number of hydrogen-bond acceptors (Lipinski definition) is 4. The molecule has 6 heteroatoms. The largest absolute Gasteiger partial charge is 0.396 e. The van der Waals surface area contributed by atoms with Crippen molar-refractivity contribution in [3.63, 3.8) is 0 Å². The van der Waals surface area contributed by atoms with Crippen molar-refractivity contribution in [1.82, 2.24) is 4.31 Å². The molecule has 0 aliphatic carbocycles. The highest BCUT2D eigenvalue weighted by atomic mass is 32.2. The number of sulfonamides is 1. The highest BCUT2D eigenvalue weighted by Gasteiger charge is 2.26. The van der Waals surface area contributed by atoms with E-state index < -0.39 is 10.0 Å². The van der Waals surface area contributed by atoms with Gasteiger partial charge in [0.05, 0.1) is 18.5 Å². The zero-order valence-corrected chi connectivity index (χ0v) is 9.87. The summed E-state index contributed by atoms with van der Waals surface area (Å²) in [6.07, 6.45) is 1.04. The molecule has 0 radical (unpaired) electrons. The van der Waals surface area contributed by atoms with Crippen LogP contribution in [-0.4, -0.2) is 56.0 Å². The third-order valence-corrected chi connectivity index (χ3v) is 4.33. The van der Waals surface area contributed by atoms with E-state index in [4.69, 9.17) is 9.84 Å². The summed E-state index contributed by atoms with van der Waals surface area (Å²) in [5.41, 5.74) is 0. The van der Waals surface area contributed by atoms with Gasteiger partial charge in [-0.15, -0.1) is 0 Å². The molecule has 0 aromatic carbocycles. The van der Waals surface area contributed by atoms with Crippen LogP contribution in [0.1, 0.15) is 19.8 Å². The molecule has 5 nitrogen and oxygen atoms in total. The van der Waals surface area contributed by atoms with Crippen molar-refractivity contribution >= 4 is 10.0 Å². The van der Waals surface area contributed by atoms with Gasteiger partial charge >= 0.3 is 0 Å². The molecule has 0 amide bonds. The van der Waals surface area contributed by atoms with Crippen molar-refractivity contribution in [2.75, 3.05) is 32.1 Å². The standard InChI is InChI=1S/C9H19NO4S/c1-9-8-10(4-6-14-9)15(12,13)7-3-2-5-11/h9,11H,2-8H2,1H3. The summed E-state index contributed by atoms with van der Waals surface area (Å²) in [5, 5.41) is 8.59. The Morgan fingerprint density at radius 3 is 2.80 bits per heavy atom. The number of aliphatic hydroxyl groups is 1. The highest BCUT2D eigenvalue weighted by Crippen LogP contribution is 2.11. The first-order valence-corrected chi connectivity index (χ1v) is 6.87. The Labute approximate surface area is 91.1 Å². The van der Waals surface area contributed by atoms with E-state index in [-0.39, 0.29) is 18.5 Å². The van der Waals surface area contributed by atoms with E-state index in [9.17, 15) is 8.42 Å². The number of nitrogens with zero attached hydrogens (tertiary/aromatic N) is 1. The van der Waals surface area contributed by atoms with Gasteiger partial charge < -0.3 is 9.84 Å². The van der Waals surface area contributed by atoms with Gasteiger partial charge in [0.15, 0.2) is 0 Å². The molecule has 0 saturated carbocycles. The summed E-state index contributed by atoms with van der Waals surface area (Å²) in [6, 6.07) is 0. The smallest absolute Gasteiger partial charge is 0.214 e. The predicted molar refractivity (Wildman–Crippen MR) is 57.1 cm³/mol. The topological polar surface area (TPSA) is 66.8 Å². The first-order valence-electron chi connectivity index (χ1n) is 5.26. The third-order valence-electron chi connectivity index (χ3n) is 2.41. The van der Waals surface area contributed by atoms with Crippen molar-refractivity contribution in [2.24, 2.45) is 0 Å². The van der Waals surface area contributed by atoms with Gasteiger partial charge in [-0.2, -0.15) is 4.31 Å². The predicted octanol–water partition coefficient (Wildman–Crippen LogP) is -0.191. The minimum Gasteiger partial charge on any atom is -0.396 e. The van der Waals surface area contributed by atoms with Crippen molar-refractivity contribution in [3.05, 3.63) is 0 Å². The van der Waals surface area contributed by atoms with Gasteiger partial charge in [-0.3, -0.25) is 0 Å². The summed E-state index contributed by atoms with van der Waals surface area (Å²) in [7, 11) is -3.15. The van der Waals surface area contributed by atoms with Gasteiger partial charge in [0.25, 0.3) is 0 Å². The van der Waals surface area contributed by atoms with Crippen LogP contribution in [0.2, 0.25) is 0 Å². The number of morpholine rings is 1. The Hall–Kier alpha value is -0.170. The molecule has 1 heterocycles. The molecule has 15 heavy (non-hydrogen) atoms. The van der Waals surface area contributed by atoms with Gasteiger partial charge in [-0.25, -0.2) is 8.42 Å². The molecule has 0 spiro atoms. The van der Waals surface area contributed by atoms with Gasteiger partial charge in [0.2, 0.25) is 10.0 Å². The monoisotopic (exact) mass is 237 g/mol. The molecule has 1 saturated heterocycles. The summed E-state index contributed by atoms with van der Waals surface area (Å²) < 4.78 is 30.4. The molecule has 1 fully saturated rings. The van der Waals surface area contributed by atoms with Crippen molar-refractivity contribution in [3.8, 4) is 0 Å². The van der Waals surface area contributed by atoms with E-state index in [1.165, 1.54) is 4.31 Å². The van der Waals surface area contributed by atoms with E-state index >= 15 is 0 Å². The van der Waals surface area contributed by atoms with Gasteiger partial charge in [-0.1, -0.05) is 0 Å². The van der Waals surface area contributed by atoms with E-state index in [0.717, 1.165) is 0 Å². The SMILES string of the molecule is CC1CN(S(=O)(=O)CCCCO)CCO1. The molecule has 1 atom stereocenters. The van der Waals surface area contributed by atoms with Crippen LogP contribution >= 0.6 is 0 Å². The second-order valence-electron chi connectivity index (χ2n) is 3.79. The number of aliphatic hydroxyl groups excluding tert-OH is 1. The van der Waals surface area contributed by atoms with Crippen LogP contribution in [0.25, 0.3) is 0 Å². The number of unbranched alkanes of at least 4 members (excludes halogenated alkanes) is 1. The number of ether oxygens (including phenoxy) is 1. The quantitative estimate of drug-likeness (QED) is 0.673. The molecule has 90 valence electrons. The second kappa shape index (κ2) is 5.79. The Kier molecular flexibility index (Phi) is 4.98. The second-order valence-corrected chi connectivity index (χ2v) is 5.87. The summed E-state index contributed by atoms with van der Waals surface area (Å²) >= 11 is 0. The molecule has 1 unspecified atom stereocenters. The minimum absolute atomic E-state index is 0.0219. The van der Waals surface area contributed by atoms with Crippen LogP contribution in [0.4, 0.5) is 0 Å². The normalized spacial score (nSPS) is 24.3. The van der Waals surface area contributed by atoms with Crippen molar-refractivity contribution < 1.29 is 18.3 Å². The Bertz CT molecular complexity index is 278. The van der Waals surface area contributed by atoms with Gasteiger partial charge in [0.1, 0.15) is 0 Å². The summed E-state index contributed by atoms with van der Waals surface area (Å²) in [4.78, 5) is 0. The van der Waals surface area contributed by atoms with Crippen LogP contribution in [0.15, 0.2) is 0 Å². The van der Waals surface area contributed by atoms with Gasteiger partial charge in [0, 0.05) is 19.7 Å². The first kappa shape index (κ1) is 12.9. The third kappa shape index (κ3) is 4.06. The van der Waals surface area contributed by atoms with Crippen LogP contribution in [-0.2, 0) is 14.8 Å². The van der Waals surface area contributed by atoms with Crippen molar-refractivity contribution in [2.45, 2.75) is 25.9 Å². The molecule has 0 aromatic rings. The Morgan fingerprint density at radius 1 is 1.47 bits per heavy atom. The number of hydrogen-bond donors (Lipinski definition) is 1. The maximum atomic E-state index is 11.8. The van der Waals surface area contributed by atoms with Crippen LogP contribution in [0, 0.1) is 0 Å². The molecule has 0 bridgehead atoms. The molecular formula is C9H19NO4S. The molecule has 1 rings (SSSR count). The Morgan fingerprint density at radius 2 is 2.20 bits per heavy atom. The average Bonchev–Trinajstić information content (AvgIpc) is 2.18. The lowest BCUT2D eigenvalue weighted by Gasteiger charge is -2.30. The fourth-order valence-corrected chi connectivity index (χ4v) is 3.18. The molecule has 0 aromatic heterocycles. The van der Waals surface area contributed by atoms with E-state index in [2.05, 4.69) is 0 Å². The fraction of sp³-hybridized carbons (Fsp3) is 1.00. The fourth-order valence-electron chi connectivity index (χ4n) is 1.56. The molecule has 1 aliphatic rings. The van der Waals surface area contributed by atoms with Crippen LogP contribution in [0.3, 0.4) is 0 Å². The average molecular weight is 237 g/mol. The van der Waals surface area contributed by atoms with Crippen molar-refractivity contribution in [1.29, 1.82) is 0 Å². The molecule has 1 aliphatic heterocycles. The lowest BCUT2D eigenvalue weighted by Crippen LogP contribution is -2.45. The number of rotatable bonds is 5. The van der Waals surface area contributed by atoms with E-state index in [1.54, 1.807) is 0 Å². The minimum atomic E-state index is -3.15. The van der Waals surface area contributed by atoms with E-state index in [1.807, 2.05) is 6.92 Å². The highest BCUT2D eigenvalue weighted by molar-refractivity contribution is 7.89. The summed E-state index contributed by atoms with van der Waals surface area (Å²) in [5.74, 6) is 0.125. The van der Waals surface area contributed by atoms with Gasteiger partial charge in [-0.05, 0) is 19.8 Å². The molecular weight excluding hydrogens is 218 g/mol. The zero-order chi connectivity index (χ0) is 11.3. The summed E-state index contributed by atoms with van der Waals surface area (Å²) in [6.45, 7) is 3.29. The van der Waals surface area contributed by atoms with Crippen LogP contribution < -0.4 is 0 Å². The maximum absolute atomic E-state index is 11.8. The lowest BCUT2D eigenvalue weighted by atomic mass is 10.3. The molecule has 1 N–H and O–H groups in total. The first-order chi connectivity index (χ1) is 7.06.